The highest BCUT2D eigenvalue weighted by atomic mass is 35.5. The van der Waals surface area contributed by atoms with Crippen LogP contribution < -0.4 is 0 Å². The third kappa shape index (κ3) is 3.80. The highest BCUT2D eigenvalue weighted by Gasteiger charge is 2.14. The molecule has 0 unspecified atom stereocenters. The number of hydrogen-bond donors (Lipinski definition) is 1. The Morgan fingerprint density at radius 2 is 2.18 bits per heavy atom. The minimum absolute atomic E-state index is 0.301. The summed E-state index contributed by atoms with van der Waals surface area (Å²) < 4.78 is 3.28. The zero-order valence-corrected chi connectivity index (χ0v) is 14.0. The molecule has 1 N–H and O–H groups in total. The van der Waals surface area contributed by atoms with E-state index in [0.29, 0.717) is 19.0 Å². The third-order valence-electron chi connectivity index (χ3n) is 3.36. The Balaban J connectivity index is 2.30. The number of aromatic nitrogens is 1. The van der Waals surface area contributed by atoms with Crippen LogP contribution in [0.2, 0.25) is 0 Å². The van der Waals surface area contributed by atoms with Crippen LogP contribution in [0.3, 0.4) is 0 Å². The summed E-state index contributed by atoms with van der Waals surface area (Å²) in [6, 6.07) is 8.11. The van der Waals surface area contributed by atoms with Crippen LogP contribution in [-0.4, -0.2) is 58.0 Å². The van der Waals surface area contributed by atoms with Gasteiger partial charge < -0.3 is 9.47 Å². The highest BCUT2D eigenvalue weighted by molar-refractivity contribution is 6.27. The predicted molar refractivity (Wildman–Crippen MR) is 92.1 cm³/mol. The van der Waals surface area contributed by atoms with Gasteiger partial charge in [-0.05, 0) is 35.9 Å². The number of hydrogen-bond acceptors (Lipinski definition) is 2. The van der Waals surface area contributed by atoms with E-state index in [2.05, 4.69) is 9.56 Å². The van der Waals surface area contributed by atoms with Gasteiger partial charge in [-0.2, -0.15) is 0 Å². The number of halogens is 1. The molecule has 1 aromatic carbocycles. The molecule has 0 aliphatic carbocycles. The molecule has 1 heterocycles. The van der Waals surface area contributed by atoms with Crippen molar-refractivity contribution >= 4 is 40.2 Å². The summed E-state index contributed by atoms with van der Waals surface area (Å²) in [6.45, 7) is 2.97. The molecule has 0 radical (unpaired) electrons. The Labute approximate surface area is 135 Å². The number of nitrogens with zero attached hydrogens (tertiary/aromatic N) is 4. The number of alkyl halides is 1. The van der Waals surface area contributed by atoms with E-state index >= 15 is 0 Å². The maximum absolute atomic E-state index is 9.83. The molecule has 5 nitrogen and oxygen atoms in total. The summed E-state index contributed by atoms with van der Waals surface area (Å²) in [5.74, 6) is 0.301. The van der Waals surface area contributed by atoms with Gasteiger partial charge in [0.1, 0.15) is 12.4 Å². The first-order valence-electron chi connectivity index (χ1n) is 7.21. The Kier molecular flexibility index (Phi) is 5.44. The van der Waals surface area contributed by atoms with Gasteiger partial charge in [-0.15, -0.1) is 11.6 Å². The van der Waals surface area contributed by atoms with E-state index in [1.807, 2.05) is 56.4 Å². The van der Waals surface area contributed by atoms with Crippen molar-refractivity contribution in [2.45, 2.75) is 13.5 Å². The molecule has 0 atom stereocenters. The molecule has 0 saturated heterocycles. The molecule has 0 amide bonds. The van der Waals surface area contributed by atoms with Crippen molar-refractivity contribution in [3.8, 4) is 0 Å². The van der Waals surface area contributed by atoms with E-state index in [-0.39, 0.29) is 0 Å². The Morgan fingerprint density at radius 3 is 2.82 bits per heavy atom. The summed E-state index contributed by atoms with van der Waals surface area (Å²) >= 11 is 5.93. The van der Waals surface area contributed by atoms with Crippen molar-refractivity contribution in [1.82, 2.24) is 9.47 Å². The van der Waals surface area contributed by atoms with Gasteiger partial charge in [-0.25, -0.2) is 4.99 Å². The summed E-state index contributed by atoms with van der Waals surface area (Å²) in [4.78, 5) is 6.30. The van der Waals surface area contributed by atoms with Gasteiger partial charge in [0.25, 0.3) is 0 Å². The second-order valence-electron chi connectivity index (χ2n) is 5.31. The molecule has 0 bridgehead atoms. The Bertz CT molecular complexity index is 703. The lowest BCUT2D eigenvalue weighted by atomic mass is 10.2. The second-order valence-corrected chi connectivity index (χ2v) is 5.58. The molecular formula is C16H22ClN4O+. The van der Waals surface area contributed by atoms with Crippen LogP contribution in [0.15, 0.2) is 35.5 Å². The summed E-state index contributed by atoms with van der Waals surface area (Å²) in [5, 5.41) is 10.9. The van der Waals surface area contributed by atoms with Crippen LogP contribution in [-0.2, 0) is 6.54 Å². The molecule has 6 heteroatoms. The van der Waals surface area contributed by atoms with E-state index in [0.717, 1.165) is 22.3 Å². The number of aliphatic imine (C=N–C) groups is 1. The average molecular weight is 322 g/mol. The van der Waals surface area contributed by atoms with E-state index in [9.17, 15) is 5.21 Å². The first kappa shape index (κ1) is 16.4. The summed E-state index contributed by atoms with van der Waals surface area (Å²) in [6.07, 6.45) is 3.78. The van der Waals surface area contributed by atoms with Crippen LogP contribution >= 0.6 is 11.6 Å². The van der Waals surface area contributed by atoms with Gasteiger partial charge in [-0.3, -0.25) is 5.21 Å². The molecule has 0 spiro atoms. The average Bonchev–Trinajstić information content (AvgIpc) is 2.92. The maximum atomic E-state index is 9.83. The van der Waals surface area contributed by atoms with Gasteiger partial charge in [-0.1, -0.05) is 0 Å². The van der Waals surface area contributed by atoms with E-state index in [1.165, 1.54) is 4.74 Å². The van der Waals surface area contributed by atoms with Crippen molar-refractivity contribution in [3.63, 3.8) is 0 Å². The molecule has 0 aliphatic rings. The first-order chi connectivity index (χ1) is 10.5. The molecule has 0 aliphatic heterocycles. The third-order valence-corrected chi connectivity index (χ3v) is 3.67. The van der Waals surface area contributed by atoms with E-state index in [1.54, 1.807) is 6.34 Å². The topological polar surface area (TPSA) is 43.8 Å². The minimum atomic E-state index is 0.301. The zero-order chi connectivity index (χ0) is 16.1. The van der Waals surface area contributed by atoms with Crippen LogP contribution in [0.4, 0.5) is 5.69 Å². The number of hydroxylamine groups is 1. The molecule has 2 rings (SSSR count). The van der Waals surface area contributed by atoms with E-state index in [4.69, 9.17) is 11.6 Å². The first-order valence-corrected chi connectivity index (χ1v) is 7.75. The molecule has 0 fully saturated rings. The molecule has 0 saturated carbocycles. The lowest BCUT2D eigenvalue weighted by molar-refractivity contribution is -0.773. The molecule has 2 aromatic rings. The zero-order valence-electron chi connectivity index (χ0n) is 13.2. The van der Waals surface area contributed by atoms with E-state index < -0.39 is 0 Å². The SMILES string of the molecule is CC[N+](O)=C(CCl)Cn1ccc2cc(N=CN(C)C)ccc21. The quantitative estimate of drug-likeness (QED) is 0.222. The number of rotatable bonds is 6. The molecule has 1 aromatic heterocycles. The monoisotopic (exact) mass is 321 g/mol. The fourth-order valence-corrected chi connectivity index (χ4v) is 2.42. The van der Waals surface area contributed by atoms with Crippen molar-refractivity contribution in [3.05, 3.63) is 30.5 Å². The Morgan fingerprint density at radius 1 is 1.41 bits per heavy atom. The standard InChI is InChI=1S/C16H22ClN4O/c1-4-21(22)15(10-17)11-20-8-7-13-9-14(5-6-16(13)20)18-12-19(2)3/h5-9,12,22H,4,10-11H2,1-3H3/q+1. The van der Waals surface area contributed by atoms with Gasteiger partial charge in [0, 0.05) is 31.2 Å². The summed E-state index contributed by atoms with van der Waals surface area (Å²) in [7, 11) is 3.88. The van der Waals surface area contributed by atoms with Crippen LogP contribution in [0.1, 0.15) is 6.92 Å². The number of fused-ring (bicyclic) bond motifs is 1. The smallest absolute Gasteiger partial charge is 0.238 e. The lowest BCUT2D eigenvalue weighted by Crippen LogP contribution is -2.24. The normalized spacial score (nSPS) is 12.9. The van der Waals surface area contributed by atoms with Gasteiger partial charge >= 0.3 is 0 Å². The van der Waals surface area contributed by atoms with Crippen molar-refractivity contribution in [2.24, 2.45) is 4.99 Å². The fourth-order valence-electron chi connectivity index (χ4n) is 2.20. The van der Waals surface area contributed by atoms with Crippen molar-refractivity contribution in [2.75, 3.05) is 26.5 Å². The van der Waals surface area contributed by atoms with Gasteiger partial charge in [0.05, 0.1) is 12.0 Å². The largest absolute Gasteiger partial charge is 0.369 e. The van der Waals surface area contributed by atoms with Crippen LogP contribution in [0.25, 0.3) is 10.9 Å². The lowest BCUT2D eigenvalue weighted by Gasteiger charge is -2.05. The number of benzene rings is 1. The second kappa shape index (κ2) is 7.31. The van der Waals surface area contributed by atoms with Gasteiger partial charge in [0.15, 0.2) is 6.54 Å². The molecule has 22 heavy (non-hydrogen) atoms. The van der Waals surface area contributed by atoms with Gasteiger partial charge in [0.2, 0.25) is 5.71 Å². The molecule has 118 valence electrons. The fraction of sp³-hybridized carbons (Fsp3) is 0.375. The minimum Gasteiger partial charge on any atom is -0.369 e. The highest BCUT2D eigenvalue weighted by Crippen LogP contribution is 2.22. The van der Waals surface area contributed by atoms with Crippen LogP contribution in [0.5, 0.6) is 0 Å². The van der Waals surface area contributed by atoms with Crippen molar-refractivity contribution in [1.29, 1.82) is 0 Å². The predicted octanol–water partition coefficient (Wildman–Crippen LogP) is 2.96. The van der Waals surface area contributed by atoms with Crippen molar-refractivity contribution < 1.29 is 9.95 Å². The van der Waals surface area contributed by atoms with Crippen LogP contribution in [0, 0.1) is 0 Å². The summed E-state index contributed by atoms with van der Waals surface area (Å²) in [5.41, 5.74) is 2.78. The Hall–Kier alpha value is -2.01. The maximum Gasteiger partial charge on any atom is 0.238 e. The molecular weight excluding hydrogens is 300 g/mol.